The molecule has 23 heavy (non-hydrogen) atoms. The van der Waals surface area contributed by atoms with E-state index in [1.807, 2.05) is 0 Å². The van der Waals surface area contributed by atoms with Gasteiger partial charge in [0.25, 0.3) is 0 Å². The van der Waals surface area contributed by atoms with Gasteiger partial charge in [-0.1, -0.05) is 12.1 Å². The molecule has 0 bridgehead atoms. The van der Waals surface area contributed by atoms with E-state index < -0.39 is 22.9 Å². The van der Waals surface area contributed by atoms with E-state index in [0.717, 1.165) is 24.3 Å². The van der Waals surface area contributed by atoms with Gasteiger partial charge < -0.3 is 15.3 Å². The van der Waals surface area contributed by atoms with Crippen molar-refractivity contribution in [1.29, 1.82) is 0 Å². The Bertz CT molecular complexity index is 944. The molecular weight excluding hydrogens is 311 g/mol. The van der Waals surface area contributed by atoms with Crippen molar-refractivity contribution in [1.82, 2.24) is 0 Å². The Balaban J connectivity index is 2.19. The van der Waals surface area contributed by atoms with E-state index in [1.54, 1.807) is 0 Å². The van der Waals surface area contributed by atoms with E-state index in [-0.39, 0.29) is 22.3 Å². The molecule has 0 unspecified atom stereocenters. The monoisotopic (exact) mass is 321 g/mol. The van der Waals surface area contributed by atoms with E-state index in [0.29, 0.717) is 5.69 Å². The van der Waals surface area contributed by atoms with Crippen LogP contribution in [0.4, 0.5) is 18.9 Å². The third-order valence-corrected chi connectivity index (χ3v) is 3.36. The molecule has 3 N–H and O–H groups in total. The van der Waals surface area contributed by atoms with Crippen LogP contribution in [-0.2, 0) is 6.18 Å². The summed E-state index contributed by atoms with van der Waals surface area (Å²) in [5, 5.41) is 10.1. The van der Waals surface area contributed by atoms with Gasteiger partial charge in [0.15, 0.2) is 5.76 Å². The maximum Gasteiger partial charge on any atom is 0.416 e. The van der Waals surface area contributed by atoms with E-state index in [9.17, 15) is 23.1 Å². The first-order valence-corrected chi connectivity index (χ1v) is 6.50. The summed E-state index contributed by atoms with van der Waals surface area (Å²) in [4.78, 5) is 12.2. The predicted molar refractivity (Wildman–Crippen MR) is 79.0 cm³/mol. The van der Waals surface area contributed by atoms with Crippen LogP contribution in [-0.4, -0.2) is 5.11 Å². The van der Waals surface area contributed by atoms with E-state index in [4.69, 9.17) is 10.2 Å². The third kappa shape index (κ3) is 2.61. The van der Waals surface area contributed by atoms with Gasteiger partial charge in [-0.3, -0.25) is 4.79 Å². The predicted octanol–water partition coefficient (Wildman–Crippen LogP) is 3.77. The fraction of sp³-hybridized carbons (Fsp3) is 0.0625. The lowest BCUT2D eigenvalue weighted by Gasteiger charge is -2.09. The van der Waals surface area contributed by atoms with Crippen LogP contribution >= 0.6 is 0 Å². The molecule has 0 fully saturated rings. The van der Waals surface area contributed by atoms with Crippen molar-refractivity contribution in [3.63, 3.8) is 0 Å². The van der Waals surface area contributed by atoms with Crippen molar-refractivity contribution < 1.29 is 22.7 Å². The highest BCUT2D eigenvalue weighted by Crippen LogP contribution is 2.34. The molecule has 3 rings (SSSR count). The zero-order valence-corrected chi connectivity index (χ0v) is 11.5. The largest absolute Gasteiger partial charge is 0.502 e. The lowest BCUT2D eigenvalue weighted by atomic mass is 10.1. The molecule has 2 aromatic carbocycles. The Morgan fingerprint density at radius 1 is 1.04 bits per heavy atom. The second kappa shape index (κ2) is 5.05. The summed E-state index contributed by atoms with van der Waals surface area (Å²) >= 11 is 0. The van der Waals surface area contributed by atoms with Gasteiger partial charge in [0.2, 0.25) is 11.2 Å². The second-order valence-corrected chi connectivity index (χ2v) is 4.94. The van der Waals surface area contributed by atoms with Gasteiger partial charge in [-0.05, 0) is 30.3 Å². The molecule has 118 valence electrons. The first-order valence-electron chi connectivity index (χ1n) is 6.50. The summed E-state index contributed by atoms with van der Waals surface area (Å²) in [7, 11) is 0. The topological polar surface area (TPSA) is 76.5 Å². The smallest absolute Gasteiger partial charge is 0.416 e. The molecule has 0 atom stereocenters. The molecule has 0 aliphatic carbocycles. The average molecular weight is 321 g/mol. The van der Waals surface area contributed by atoms with Crippen LogP contribution in [0.25, 0.3) is 22.3 Å². The highest BCUT2D eigenvalue weighted by molar-refractivity contribution is 5.84. The summed E-state index contributed by atoms with van der Waals surface area (Å²) < 4.78 is 43.2. The number of anilines is 1. The molecule has 3 aromatic rings. The number of aromatic hydroxyl groups is 1. The summed E-state index contributed by atoms with van der Waals surface area (Å²) in [6.45, 7) is 0. The lowest BCUT2D eigenvalue weighted by Crippen LogP contribution is -2.05. The van der Waals surface area contributed by atoms with Crippen molar-refractivity contribution >= 4 is 16.7 Å². The molecule has 4 nitrogen and oxygen atoms in total. The molecule has 0 amide bonds. The average Bonchev–Trinajstić information content (AvgIpc) is 2.51. The lowest BCUT2D eigenvalue weighted by molar-refractivity contribution is -0.137. The van der Waals surface area contributed by atoms with Crippen LogP contribution in [0.5, 0.6) is 5.75 Å². The van der Waals surface area contributed by atoms with Gasteiger partial charge in [0, 0.05) is 11.3 Å². The zero-order valence-electron chi connectivity index (χ0n) is 11.5. The molecule has 1 aromatic heterocycles. The van der Waals surface area contributed by atoms with Gasteiger partial charge in [0.05, 0.1) is 10.9 Å². The Labute approximate surface area is 127 Å². The second-order valence-electron chi connectivity index (χ2n) is 4.94. The van der Waals surface area contributed by atoms with Crippen molar-refractivity contribution in [3.8, 4) is 17.1 Å². The van der Waals surface area contributed by atoms with E-state index in [1.165, 1.54) is 18.2 Å². The van der Waals surface area contributed by atoms with Gasteiger partial charge in [-0.2, -0.15) is 13.2 Å². The minimum Gasteiger partial charge on any atom is -0.502 e. The Morgan fingerprint density at radius 3 is 2.30 bits per heavy atom. The van der Waals surface area contributed by atoms with Gasteiger partial charge in [-0.25, -0.2) is 0 Å². The summed E-state index contributed by atoms with van der Waals surface area (Å²) in [5.74, 6) is -0.871. The third-order valence-electron chi connectivity index (χ3n) is 3.36. The highest BCUT2D eigenvalue weighted by Gasteiger charge is 2.30. The van der Waals surface area contributed by atoms with Crippen molar-refractivity contribution in [2.24, 2.45) is 0 Å². The first-order chi connectivity index (χ1) is 10.8. The number of hydrogen-bond acceptors (Lipinski definition) is 4. The number of nitrogens with two attached hydrogens (primary N) is 1. The summed E-state index contributed by atoms with van der Waals surface area (Å²) in [6.07, 6.45) is -4.47. The van der Waals surface area contributed by atoms with Crippen LogP contribution < -0.4 is 11.2 Å². The maximum atomic E-state index is 12.6. The molecule has 0 aliphatic heterocycles. The molecular formula is C16H10F3NO3. The number of hydrogen-bond donors (Lipinski definition) is 2. The standard InChI is InChI=1S/C16H10F3NO3/c17-16(18,19)9-3-1-8(2-4-9)15-14(22)13(21)11-7-10(20)5-6-12(11)23-15/h1-7,22H,20H2. The van der Waals surface area contributed by atoms with Crippen LogP contribution in [0.15, 0.2) is 51.7 Å². The van der Waals surface area contributed by atoms with Crippen LogP contribution in [0.3, 0.4) is 0 Å². The van der Waals surface area contributed by atoms with Gasteiger partial charge in [-0.15, -0.1) is 0 Å². The molecule has 0 saturated heterocycles. The van der Waals surface area contributed by atoms with Crippen molar-refractivity contribution in [3.05, 3.63) is 58.3 Å². The molecule has 1 heterocycles. The van der Waals surface area contributed by atoms with Crippen LogP contribution in [0.1, 0.15) is 5.56 Å². The Hall–Kier alpha value is -2.96. The minimum absolute atomic E-state index is 0.0955. The maximum absolute atomic E-state index is 12.6. The number of fused-ring (bicyclic) bond motifs is 1. The van der Waals surface area contributed by atoms with Crippen LogP contribution in [0, 0.1) is 0 Å². The fourth-order valence-corrected chi connectivity index (χ4v) is 2.21. The fourth-order valence-electron chi connectivity index (χ4n) is 2.21. The van der Waals surface area contributed by atoms with E-state index >= 15 is 0 Å². The van der Waals surface area contributed by atoms with Crippen LogP contribution in [0.2, 0.25) is 0 Å². The summed E-state index contributed by atoms with van der Waals surface area (Å²) in [6, 6.07) is 8.28. The number of nitrogen functional groups attached to an aromatic ring is 1. The molecule has 0 saturated carbocycles. The molecule has 0 radical (unpaired) electrons. The molecule has 0 spiro atoms. The Kier molecular flexibility index (Phi) is 3.28. The highest BCUT2D eigenvalue weighted by atomic mass is 19.4. The van der Waals surface area contributed by atoms with Crippen molar-refractivity contribution in [2.75, 3.05) is 5.73 Å². The number of halogens is 3. The van der Waals surface area contributed by atoms with Gasteiger partial charge >= 0.3 is 6.18 Å². The SMILES string of the molecule is Nc1ccc2oc(-c3ccc(C(F)(F)F)cc3)c(O)c(=O)c2c1. The zero-order chi connectivity index (χ0) is 16.8. The number of alkyl halides is 3. The molecule has 0 aliphatic rings. The summed E-state index contributed by atoms with van der Waals surface area (Å²) in [5.41, 5.74) is 4.71. The normalized spacial score (nSPS) is 11.8. The van der Waals surface area contributed by atoms with E-state index in [2.05, 4.69) is 0 Å². The first kappa shape index (κ1) is 15.0. The quantitative estimate of drug-likeness (QED) is 0.669. The van der Waals surface area contributed by atoms with Crippen molar-refractivity contribution in [2.45, 2.75) is 6.18 Å². The molecule has 7 heteroatoms. The number of benzene rings is 2. The Morgan fingerprint density at radius 2 is 1.70 bits per heavy atom. The number of rotatable bonds is 1. The minimum atomic E-state index is -4.47. The van der Waals surface area contributed by atoms with Gasteiger partial charge in [0.1, 0.15) is 5.58 Å².